The van der Waals surface area contributed by atoms with Crippen LogP contribution in [0.2, 0.25) is 0 Å². The van der Waals surface area contributed by atoms with Gasteiger partial charge in [-0.1, -0.05) is 12.1 Å². The van der Waals surface area contributed by atoms with Crippen LogP contribution in [0, 0.1) is 6.92 Å². The van der Waals surface area contributed by atoms with Crippen LogP contribution in [-0.2, 0) is 19.5 Å². The first kappa shape index (κ1) is 13.3. The molecule has 0 saturated heterocycles. The molecule has 106 valence electrons. The van der Waals surface area contributed by atoms with Crippen LogP contribution in [-0.4, -0.2) is 18.5 Å². The Labute approximate surface area is 120 Å². The zero-order valence-corrected chi connectivity index (χ0v) is 12.3. The van der Waals surface area contributed by atoms with Crippen LogP contribution in [0.1, 0.15) is 29.1 Å². The van der Waals surface area contributed by atoms with Crippen molar-refractivity contribution in [2.45, 2.75) is 32.9 Å². The van der Waals surface area contributed by atoms with Gasteiger partial charge in [-0.2, -0.15) is 0 Å². The van der Waals surface area contributed by atoms with Gasteiger partial charge in [-0.15, -0.1) is 0 Å². The normalized spacial score (nSPS) is 14.2. The van der Waals surface area contributed by atoms with Crippen LogP contribution in [0.25, 0.3) is 0 Å². The quantitative estimate of drug-likeness (QED) is 0.920. The lowest BCUT2D eigenvalue weighted by Crippen LogP contribution is -2.20. The predicted octanol–water partition coefficient (Wildman–Crippen LogP) is 3.58. The standard InChI is InChI=1S/C17H22N2O/c1-13-8-9-15(20-13)12-19(2)11-14-5-3-7-17-16(14)6-4-10-18-17/h3,5,7-9,18H,4,6,10-12H2,1-2H3. The third-order valence-electron chi connectivity index (χ3n) is 3.85. The second kappa shape index (κ2) is 5.71. The Kier molecular flexibility index (Phi) is 3.79. The van der Waals surface area contributed by atoms with Gasteiger partial charge in [0.15, 0.2) is 0 Å². The summed E-state index contributed by atoms with van der Waals surface area (Å²) >= 11 is 0. The molecule has 1 aromatic heterocycles. The van der Waals surface area contributed by atoms with E-state index in [-0.39, 0.29) is 0 Å². The number of nitrogens with zero attached hydrogens (tertiary/aromatic N) is 1. The van der Waals surface area contributed by atoms with Crippen LogP contribution in [0.15, 0.2) is 34.7 Å². The highest BCUT2D eigenvalue weighted by Gasteiger charge is 2.14. The second-order valence-electron chi connectivity index (χ2n) is 5.66. The van der Waals surface area contributed by atoms with Crippen LogP contribution < -0.4 is 5.32 Å². The highest BCUT2D eigenvalue weighted by atomic mass is 16.3. The number of hydrogen-bond acceptors (Lipinski definition) is 3. The van der Waals surface area contributed by atoms with Gasteiger partial charge in [-0.25, -0.2) is 0 Å². The van der Waals surface area contributed by atoms with E-state index in [0.29, 0.717) is 0 Å². The number of furan rings is 1. The predicted molar refractivity (Wildman–Crippen MR) is 81.9 cm³/mol. The molecule has 3 nitrogen and oxygen atoms in total. The van der Waals surface area contributed by atoms with Gasteiger partial charge in [0.05, 0.1) is 6.54 Å². The van der Waals surface area contributed by atoms with Crippen molar-refractivity contribution in [1.29, 1.82) is 0 Å². The molecule has 3 heteroatoms. The van der Waals surface area contributed by atoms with Crippen molar-refractivity contribution < 1.29 is 4.42 Å². The third kappa shape index (κ3) is 2.88. The summed E-state index contributed by atoms with van der Waals surface area (Å²) in [6.07, 6.45) is 2.41. The minimum absolute atomic E-state index is 0.852. The van der Waals surface area contributed by atoms with Gasteiger partial charge in [0, 0.05) is 18.8 Å². The second-order valence-corrected chi connectivity index (χ2v) is 5.66. The molecule has 1 aliphatic rings. The van der Waals surface area contributed by atoms with Gasteiger partial charge >= 0.3 is 0 Å². The van der Waals surface area contributed by atoms with Crippen molar-refractivity contribution in [2.75, 3.05) is 18.9 Å². The molecule has 2 aromatic rings. The van der Waals surface area contributed by atoms with E-state index >= 15 is 0 Å². The first-order chi connectivity index (χ1) is 9.72. The van der Waals surface area contributed by atoms with E-state index in [1.807, 2.05) is 13.0 Å². The van der Waals surface area contributed by atoms with E-state index in [9.17, 15) is 0 Å². The molecule has 0 bridgehead atoms. The van der Waals surface area contributed by atoms with Crippen molar-refractivity contribution in [3.8, 4) is 0 Å². The molecule has 0 fully saturated rings. The molecule has 0 saturated carbocycles. The molecule has 2 heterocycles. The largest absolute Gasteiger partial charge is 0.465 e. The van der Waals surface area contributed by atoms with E-state index in [1.165, 1.54) is 29.7 Å². The number of rotatable bonds is 4. The van der Waals surface area contributed by atoms with Gasteiger partial charge in [-0.05, 0) is 56.1 Å². The summed E-state index contributed by atoms with van der Waals surface area (Å²) < 4.78 is 5.65. The maximum absolute atomic E-state index is 5.65. The molecule has 3 rings (SSSR count). The lowest BCUT2D eigenvalue weighted by molar-refractivity contribution is 0.284. The average Bonchev–Trinajstić information content (AvgIpc) is 2.84. The summed E-state index contributed by atoms with van der Waals surface area (Å²) in [7, 11) is 2.15. The minimum Gasteiger partial charge on any atom is -0.465 e. The number of anilines is 1. The molecular formula is C17H22N2O. The fourth-order valence-corrected chi connectivity index (χ4v) is 2.91. The van der Waals surface area contributed by atoms with Gasteiger partial charge in [-0.3, -0.25) is 4.90 Å². The van der Waals surface area contributed by atoms with E-state index < -0.39 is 0 Å². The van der Waals surface area contributed by atoms with E-state index in [0.717, 1.165) is 31.2 Å². The Balaban J connectivity index is 1.71. The Morgan fingerprint density at radius 1 is 1.20 bits per heavy atom. The number of nitrogens with one attached hydrogen (secondary N) is 1. The van der Waals surface area contributed by atoms with Crippen LogP contribution in [0.4, 0.5) is 5.69 Å². The summed E-state index contributed by atoms with van der Waals surface area (Å²) in [6.45, 7) is 4.90. The molecule has 0 radical (unpaired) electrons. The Morgan fingerprint density at radius 3 is 2.90 bits per heavy atom. The number of fused-ring (bicyclic) bond motifs is 1. The molecule has 0 aliphatic carbocycles. The van der Waals surface area contributed by atoms with Gasteiger partial charge < -0.3 is 9.73 Å². The zero-order valence-electron chi connectivity index (χ0n) is 12.3. The third-order valence-corrected chi connectivity index (χ3v) is 3.85. The summed E-state index contributed by atoms with van der Waals surface area (Å²) in [5, 5.41) is 3.49. The average molecular weight is 270 g/mol. The smallest absolute Gasteiger partial charge is 0.118 e. The van der Waals surface area contributed by atoms with Crippen LogP contribution >= 0.6 is 0 Å². The van der Waals surface area contributed by atoms with Gasteiger partial charge in [0.1, 0.15) is 11.5 Å². The molecule has 0 unspecified atom stereocenters. The van der Waals surface area contributed by atoms with Gasteiger partial charge in [0.25, 0.3) is 0 Å². The van der Waals surface area contributed by atoms with E-state index in [2.05, 4.69) is 41.5 Å². The maximum Gasteiger partial charge on any atom is 0.118 e. The molecule has 1 aliphatic heterocycles. The molecule has 0 spiro atoms. The Hall–Kier alpha value is -1.74. The molecule has 1 N–H and O–H groups in total. The summed E-state index contributed by atoms with van der Waals surface area (Å²) in [5.41, 5.74) is 4.23. The fourth-order valence-electron chi connectivity index (χ4n) is 2.91. The SMILES string of the molecule is Cc1ccc(CN(C)Cc2cccc3c2CCCN3)o1. The van der Waals surface area contributed by atoms with Crippen molar-refractivity contribution in [2.24, 2.45) is 0 Å². The number of hydrogen-bond donors (Lipinski definition) is 1. The lowest BCUT2D eigenvalue weighted by atomic mass is 9.97. The lowest BCUT2D eigenvalue weighted by Gasteiger charge is -2.23. The molecule has 0 atom stereocenters. The molecule has 0 amide bonds. The highest BCUT2D eigenvalue weighted by Crippen LogP contribution is 2.26. The van der Waals surface area contributed by atoms with Crippen molar-refractivity contribution in [1.82, 2.24) is 4.90 Å². The summed E-state index contributed by atoms with van der Waals surface area (Å²) in [6, 6.07) is 10.7. The minimum atomic E-state index is 0.852. The Morgan fingerprint density at radius 2 is 2.10 bits per heavy atom. The van der Waals surface area contributed by atoms with Crippen molar-refractivity contribution >= 4 is 5.69 Å². The zero-order chi connectivity index (χ0) is 13.9. The molecular weight excluding hydrogens is 248 g/mol. The van der Waals surface area contributed by atoms with E-state index in [1.54, 1.807) is 0 Å². The summed E-state index contributed by atoms with van der Waals surface area (Å²) in [4.78, 5) is 2.31. The van der Waals surface area contributed by atoms with Crippen molar-refractivity contribution in [3.05, 3.63) is 53.0 Å². The topological polar surface area (TPSA) is 28.4 Å². The van der Waals surface area contributed by atoms with Crippen LogP contribution in [0.5, 0.6) is 0 Å². The first-order valence-corrected chi connectivity index (χ1v) is 7.31. The molecule has 1 aromatic carbocycles. The van der Waals surface area contributed by atoms with E-state index in [4.69, 9.17) is 4.42 Å². The highest BCUT2D eigenvalue weighted by molar-refractivity contribution is 5.56. The number of benzene rings is 1. The molecule has 20 heavy (non-hydrogen) atoms. The van der Waals surface area contributed by atoms with Crippen molar-refractivity contribution in [3.63, 3.8) is 0 Å². The van der Waals surface area contributed by atoms with Gasteiger partial charge in [0.2, 0.25) is 0 Å². The number of aryl methyl sites for hydroxylation is 1. The van der Waals surface area contributed by atoms with Crippen LogP contribution in [0.3, 0.4) is 0 Å². The maximum atomic E-state index is 5.65. The first-order valence-electron chi connectivity index (χ1n) is 7.31. The Bertz CT molecular complexity index is 588. The monoisotopic (exact) mass is 270 g/mol. The summed E-state index contributed by atoms with van der Waals surface area (Å²) in [5.74, 6) is 2.02. The fraction of sp³-hybridized carbons (Fsp3) is 0.412.